The highest BCUT2D eigenvalue weighted by atomic mass is 35.5. The summed E-state index contributed by atoms with van der Waals surface area (Å²) in [4.78, 5) is 26.8. The topological polar surface area (TPSA) is 147 Å². The highest BCUT2D eigenvalue weighted by molar-refractivity contribution is 5.98. The van der Waals surface area contributed by atoms with E-state index >= 15 is 0 Å². The second kappa shape index (κ2) is 11.2. The molecule has 4 N–H and O–H groups in total. The zero-order chi connectivity index (χ0) is 21.5. The maximum Gasteiger partial charge on any atom is 0.313 e. The first-order chi connectivity index (χ1) is 14.5. The number of aromatic nitrogens is 2. The molecule has 31 heavy (non-hydrogen) atoms. The van der Waals surface area contributed by atoms with E-state index in [9.17, 15) is 9.18 Å². The molecule has 1 aromatic heterocycles. The van der Waals surface area contributed by atoms with Crippen LogP contribution in [0.3, 0.4) is 0 Å². The zero-order valence-corrected chi connectivity index (χ0v) is 17.3. The highest BCUT2D eigenvalue weighted by Crippen LogP contribution is 2.26. The Morgan fingerprint density at radius 3 is 2.68 bits per heavy atom. The number of hydrogen-bond donors (Lipinski definition) is 3. The summed E-state index contributed by atoms with van der Waals surface area (Å²) in [5, 5.41) is 19.6. The summed E-state index contributed by atoms with van der Waals surface area (Å²) in [5.74, 6) is -1.07. The van der Waals surface area contributed by atoms with Crippen LogP contribution in [0.25, 0.3) is 11.1 Å². The average Bonchev–Trinajstić information content (AvgIpc) is 2.69. The smallest absolute Gasteiger partial charge is 0.313 e. The van der Waals surface area contributed by atoms with Crippen LogP contribution in [0.1, 0.15) is 12.0 Å². The van der Waals surface area contributed by atoms with Crippen molar-refractivity contribution in [3.8, 4) is 11.1 Å². The molecule has 1 aliphatic rings. The number of oxime groups is 1. The average molecular weight is 453 g/mol. The number of rotatable bonds is 9. The quantitative estimate of drug-likeness (QED) is 0.169. The van der Waals surface area contributed by atoms with Crippen molar-refractivity contribution in [2.75, 3.05) is 31.2 Å². The number of benzene rings is 1. The van der Waals surface area contributed by atoms with Gasteiger partial charge in [-0.05, 0) is 0 Å². The van der Waals surface area contributed by atoms with Gasteiger partial charge in [-0.2, -0.15) is 0 Å². The zero-order valence-electron chi connectivity index (χ0n) is 16.5. The van der Waals surface area contributed by atoms with Crippen molar-refractivity contribution in [2.45, 2.75) is 13.0 Å². The molecule has 1 aromatic carbocycles. The third kappa shape index (κ3) is 6.33. The van der Waals surface area contributed by atoms with Crippen molar-refractivity contribution in [1.29, 1.82) is 5.41 Å². The number of aliphatic hydroxyl groups is 1. The normalized spacial score (nSPS) is 12.5. The van der Waals surface area contributed by atoms with Crippen LogP contribution in [-0.4, -0.2) is 58.9 Å². The number of nitrogens with one attached hydrogen (secondary N) is 1. The molecule has 2 heterocycles. The van der Waals surface area contributed by atoms with Crippen LogP contribution in [0, 0.1) is 11.2 Å². The Morgan fingerprint density at radius 1 is 1.32 bits per heavy atom. The molecular formula is C19H22ClFN6O4. The third-order valence-corrected chi connectivity index (χ3v) is 4.16. The number of hydrogen-bond acceptors (Lipinski definition) is 9. The number of amidine groups is 1. The van der Waals surface area contributed by atoms with E-state index in [1.165, 1.54) is 18.5 Å². The lowest BCUT2D eigenvalue weighted by Crippen LogP contribution is -2.48. The molecule has 1 saturated heterocycles. The molecule has 3 rings (SSSR count). The second-order valence-electron chi connectivity index (χ2n) is 6.48. The SMILES string of the molecule is Cl.N=C(N)CC(=O)OCc1cccc(-c2cnc(N3CC(=NOCCO)C3)nc2)c1F. The van der Waals surface area contributed by atoms with Crippen molar-refractivity contribution >= 4 is 35.9 Å². The number of esters is 1. The summed E-state index contributed by atoms with van der Waals surface area (Å²) < 4.78 is 19.8. The van der Waals surface area contributed by atoms with Crippen molar-refractivity contribution in [2.24, 2.45) is 10.9 Å². The van der Waals surface area contributed by atoms with E-state index in [4.69, 9.17) is 25.8 Å². The van der Waals surface area contributed by atoms with Crippen LogP contribution in [0.5, 0.6) is 0 Å². The number of halogens is 2. The van der Waals surface area contributed by atoms with Gasteiger partial charge in [0.1, 0.15) is 31.3 Å². The fourth-order valence-electron chi connectivity index (χ4n) is 2.67. The fraction of sp³-hybridized carbons (Fsp3) is 0.316. The predicted molar refractivity (Wildman–Crippen MR) is 114 cm³/mol. The summed E-state index contributed by atoms with van der Waals surface area (Å²) >= 11 is 0. The van der Waals surface area contributed by atoms with E-state index in [1.54, 1.807) is 12.1 Å². The number of nitrogens with two attached hydrogens (primary N) is 1. The van der Waals surface area contributed by atoms with Gasteiger partial charge in [0, 0.05) is 29.1 Å². The summed E-state index contributed by atoms with van der Waals surface area (Å²) in [5.41, 5.74) is 6.92. The number of carbonyl (C=O) groups is 1. The first kappa shape index (κ1) is 24.0. The van der Waals surface area contributed by atoms with Crippen LogP contribution in [0.15, 0.2) is 35.7 Å². The van der Waals surface area contributed by atoms with Crippen LogP contribution >= 0.6 is 12.4 Å². The van der Waals surface area contributed by atoms with Crippen molar-refractivity contribution in [3.05, 3.63) is 42.0 Å². The lowest BCUT2D eigenvalue weighted by atomic mass is 10.1. The van der Waals surface area contributed by atoms with E-state index in [-0.39, 0.29) is 55.6 Å². The standard InChI is InChI=1S/C19H21FN6O4.ClH/c20-18-12(11-29-17(28)6-16(21)22)2-1-3-15(18)13-7-23-19(24-8-13)26-9-14(10-26)25-30-5-4-27;/h1-3,7-8,27H,4-6,9-11H2,(H3,21,22);1H. The number of carbonyl (C=O) groups excluding carboxylic acids is 1. The molecule has 2 aromatic rings. The largest absolute Gasteiger partial charge is 0.460 e. The van der Waals surface area contributed by atoms with Gasteiger partial charge in [-0.1, -0.05) is 23.4 Å². The fourth-order valence-corrected chi connectivity index (χ4v) is 2.67. The van der Waals surface area contributed by atoms with E-state index in [1.807, 2.05) is 4.90 Å². The van der Waals surface area contributed by atoms with Crippen LogP contribution in [0.4, 0.5) is 10.3 Å². The molecule has 0 spiro atoms. The molecule has 1 fully saturated rings. The number of anilines is 1. The molecule has 1 aliphatic heterocycles. The Morgan fingerprint density at radius 2 is 2.03 bits per heavy atom. The number of nitrogens with zero attached hydrogens (tertiary/aromatic N) is 4. The lowest BCUT2D eigenvalue weighted by Gasteiger charge is -2.31. The molecule has 166 valence electrons. The minimum Gasteiger partial charge on any atom is -0.460 e. The van der Waals surface area contributed by atoms with Gasteiger partial charge in [-0.3, -0.25) is 10.2 Å². The monoisotopic (exact) mass is 452 g/mol. The van der Waals surface area contributed by atoms with E-state index in [0.29, 0.717) is 24.6 Å². The van der Waals surface area contributed by atoms with Crippen molar-refractivity contribution in [3.63, 3.8) is 0 Å². The molecule has 0 saturated carbocycles. The third-order valence-electron chi connectivity index (χ3n) is 4.16. The summed E-state index contributed by atoms with van der Waals surface area (Å²) in [7, 11) is 0. The van der Waals surface area contributed by atoms with Gasteiger partial charge >= 0.3 is 5.97 Å². The number of ether oxygens (including phenoxy) is 1. The van der Waals surface area contributed by atoms with Gasteiger partial charge in [0.2, 0.25) is 5.95 Å². The molecular weight excluding hydrogens is 431 g/mol. The van der Waals surface area contributed by atoms with Gasteiger partial charge in [0.25, 0.3) is 0 Å². The van der Waals surface area contributed by atoms with E-state index in [0.717, 1.165) is 5.71 Å². The summed E-state index contributed by atoms with van der Waals surface area (Å²) in [6, 6.07) is 4.74. The maximum atomic E-state index is 14.8. The lowest BCUT2D eigenvalue weighted by molar-refractivity contribution is -0.143. The molecule has 10 nitrogen and oxygen atoms in total. The van der Waals surface area contributed by atoms with Crippen LogP contribution < -0.4 is 10.6 Å². The molecule has 0 bridgehead atoms. The first-order valence-corrected chi connectivity index (χ1v) is 9.09. The van der Waals surface area contributed by atoms with Gasteiger partial charge in [0.15, 0.2) is 0 Å². The molecule has 0 unspecified atom stereocenters. The Kier molecular flexibility index (Phi) is 8.64. The second-order valence-corrected chi connectivity index (χ2v) is 6.48. The maximum absolute atomic E-state index is 14.8. The molecule has 0 radical (unpaired) electrons. The van der Waals surface area contributed by atoms with Crippen molar-refractivity contribution in [1.82, 2.24) is 9.97 Å². The minimum atomic E-state index is -0.695. The highest BCUT2D eigenvalue weighted by Gasteiger charge is 2.25. The Hall–Kier alpha value is -3.31. The van der Waals surface area contributed by atoms with Gasteiger partial charge in [0.05, 0.1) is 25.4 Å². The van der Waals surface area contributed by atoms with Crippen molar-refractivity contribution < 1.29 is 23.9 Å². The molecule has 0 atom stereocenters. The number of aliphatic hydroxyl groups excluding tert-OH is 1. The molecule has 12 heteroatoms. The molecule has 0 amide bonds. The molecule has 0 aliphatic carbocycles. The van der Waals surface area contributed by atoms with Crippen LogP contribution in [-0.2, 0) is 21.0 Å². The predicted octanol–water partition coefficient (Wildman–Crippen LogP) is 1.26. The van der Waals surface area contributed by atoms with E-state index in [2.05, 4.69) is 15.1 Å². The Balaban J connectivity index is 0.00000341. The van der Waals surface area contributed by atoms with Gasteiger partial charge < -0.3 is 25.3 Å². The van der Waals surface area contributed by atoms with Gasteiger partial charge in [-0.15, -0.1) is 12.4 Å². The minimum absolute atomic E-state index is 0. The first-order valence-electron chi connectivity index (χ1n) is 9.09. The van der Waals surface area contributed by atoms with Gasteiger partial charge in [-0.25, -0.2) is 14.4 Å². The van der Waals surface area contributed by atoms with Crippen LogP contribution in [0.2, 0.25) is 0 Å². The summed E-state index contributed by atoms with van der Waals surface area (Å²) in [6.45, 7) is 0.818. The Labute approximate surface area is 183 Å². The van der Waals surface area contributed by atoms with E-state index < -0.39 is 11.8 Å². The summed E-state index contributed by atoms with van der Waals surface area (Å²) in [6.07, 6.45) is 2.69. The Bertz CT molecular complexity index is 949.